The molecule has 1 amide bonds. The number of hydrogen-bond donors (Lipinski definition) is 1. The smallest absolute Gasteiger partial charge is 0.261 e. The summed E-state index contributed by atoms with van der Waals surface area (Å²) in [7, 11) is 1.62. The van der Waals surface area contributed by atoms with Crippen molar-refractivity contribution in [3.8, 4) is 17.2 Å². The van der Waals surface area contributed by atoms with Crippen LogP contribution in [0.25, 0.3) is 0 Å². The second kappa shape index (κ2) is 8.15. The molecule has 0 aromatic heterocycles. The van der Waals surface area contributed by atoms with E-state index in [-0.39, 0.29) is 11.9 Å². The van der Waals surface area contributed by atoms with Gasteiger partial charge in [-0.1, -0.05) is 11.6 Å². The van der Waals surface area contributed by atoms with Crippen LogP contribution in [0, 0.1) is 13.8 Å². The van der Waals surface area contributed by atoms with Crippen LogP contribution >= 0.6 is 11.6 Å². The van der Waals surface area contributed by atoms with Gasteiger partial charge >= 0.3 is 0 Å². The maximum atomic E-state index is 12.9. The van der Waals surface area contributed by atoms with Gasteiger partial charge in [-0.15, -0.1) is 0 Å². The van der Waals surface area contributed by atoms with E-state index in [0.29, 0.717) is 17.2 Å². The van der Waals surface area contributed by atoms with Gasteiger partial charge in [-0.25, -0.2) is 0 Å². The first-order valence-corrected chi connectivity index (χ1v) is 10.1. The number of hydrogen-bond acceptors (Lipinski definition) is 4. The van der Waals surface area contributed by atoms with E-state index in [1.165, 1.54) is 0 Å². The monoisotopic (exact) mass is 417 g/mol. The minimum absolute atomic E-state index is 0.174. The average molecular weight is 418 g/mol. The number of amides is 1. The number of rotatable bonds is 5. The van der Waals surface area contributed by atoms with Crippen molar-refractivity contribution in [3.05, 3.63) is 52.0 Å². The summed E-state index contributed by atoms with van der Waals surface area (Å²) in [5.74, 6) is 1.89. The fourth-order valence-corrected chi connectivity index (χ4v) is 3.72. The Morgan fingerprint density at radius 3 is 2.48 bits per heavy atom. The van der Waals surface area contributed by atoms with E-state index in [0.717, 1.165) is 28.2 Å². The molecular weight excluding hydrogens is 390 g/mol. The number of aryl methyl sites for hydroxylation is 2. The molecule has 0 radical (unpaired) electrons. The van der Waals surface area contributed by atoms with Crippen molar-refractivity contribution in [2.24, 2.45) is 0 Å². The number of ether oxygens (including phenoxy) is 3. The van der Waals surface area contributed by atoms with E-state index in [9.17, 15) is 4.79 Å². The highest BCUT2D eigenvalue weighted by Gasteiger charge is 2.35. The van der Waals surface area contributed by atoms with Gasteiger partial charge in [0, 0.05) is 23.1 Å². The van der Waals surface area contributed by atoms with Crippen LogP contribution < -0.4 is 19.5 Å². The van der Waals surface area contributed by atoms with Crippen molar-refractivity contribution in [3.63, 3.8) is 0 Å². The Balaban J connectivity index is 1.76. The first-order valence-electron chi connectivity index (χ1n) is 9.70. The van der Waals surface area contributed by atoms with Crippen molar-refractivity contribution in [2.75, 3.05) is 7.11 Å². The maximum absolute atomic E-state index is 12.9. The zero-order chi connectivity index (χ0) is 21.3. The lowest BCUT2D eigenvalue weighted by Crippen LogP contribution is -2.44. The fraction of sp³-hybridized carbons (Fsp3) is 0.435. The molecule has 0 saturated carbocycles. The first-order chi connectivity index (χ1) is 13.6. The molecule has 1 aliphatic heterocycles. The Morgan fingerprint density at radius 1 is 1.21 bits per heavy atom. The molecule has 0 saturated heterocycles. The lowest BCUT2D eigenvalue weighted by atomic mass is 9.89. The average Bonchev–Trinajstić information content (AvgIpc) is 2.64. The number of carbonyl (C=O) groups excluding carboxylic acids is 1. The van der Waals surface area contributed by atoms with E-state index in [1.807, 2.05) is 58.0 Å². The summed E-state index contributed by atoms with van der Waals surface area (Å²) in [6.07, 6.45) is 0.00635. The highest BCUT2D eigenvalue weighted by molar-refractivity contribution is 6.32. The summed E-state index contributed by atoms with van der Waals surface area (Å²) in [5, 5.41) is 3.83. The molecule has 0 aliphatic carbocycles. The minimum atomic E-state index is -0.650. The van der Waals surface area contributed by atoms with Crippen molar-refractivity contribution in [1.82, 2.24) is 5.32 Å². The Labute approximate surface area is 177 Å². The summed E-state index contributed by atoms with van der Waals surface area (Å²) < 4.78 is 17.3. The Morgan fingerprint density at radius 2 is 1.86 bits per heavy atom. The van der Waals surface area contributed by atoms with Crippen LogP contribution in [0.5, 0.6) is 17.2 Å². The van der Waals surface area contributed by atoms with Crippen molar-refractivity contribution >= 4 is 17.5 Å². The SMILES string of the molecule is COc1ccc2c(c1)OC(C)(C)C[C@@H]2NC(=O)[C@H](C)Oc1cc(C)c(Cl)c(C)c1. The number of methoxy groups -OCH3 is 1. The number of carbonyl (C=O) groups is 1. The van der Waals surface area contributed by atoms with Crippen LogP contribution in [0.15, 0.2) is 30.3 Å². The Hall–Kier alpha value is -2.40. The van der Waals surface area contributed by atoms with E-state index in [2.05, 4.69) is 5.32 Å². The Kier molecular flexibility index (Phi) is 5.99. The third-order valence-corrected chi connectivity index (χ3v) is 5.68. The number of nitrogens with one attached hydrogen (secondary N) is 1. The zero-order valence-corrected chi connectivity index (χ0v) is 18.5. The lowest BCUT2D eigenvalue weighted by molar-refractivity contribution is -0.128. The van der Waals surface area contributed by atoms with E-state index < -0.39 is 11.7 Å². The Bertz CT molecular complexity index is 902. The topological polar surface area (TPSA) is 56.8 Å². The van der Waals surface area contributed by atoms with Crippen LogP contribution in [0.1, 0.15) is 49.9 Å². The lowest BCUT2D eigenvalue weighted by Gasteiger charge is -2.38. The van der Waals surface area contributed by atoms with Crippen LogP contribution in [0.2, 0.25) is 5.02 Å². The molecule has 29 heavy (non-hydrogen) atoms. The standard InChI is InChI=1S/C23H28ClNO4/c1-13-9-17(10-14(2)21(13)24)28-15(3)22(26)25-19-12-23(4,5)29-20-11-16(27-6)7-8-18(19)20/h7-11,15,19H,12H2,1-6H3,(H,25,26)/t15-,19-/m0/s1. The van der Waals surface area contributed by atoms with Gasteiger partial charge in [-0.3, -0.25) is 4.79 Å². The highest BCUT2D eigenvalue weighted by Crippen LogP contribution is 2.41. The molecule has 2 aromatic carbocycles. The molecule has 156 valence electrons. The summed E-state index contributed by atoms with van der Waals surface area (Å²) in [6, 6.07) is 9.18. The van der Waals surface area contributed by atoms with E-state index >= 15 is 0 Å². The van der Waals surface area contributed by atoms with Crippen molar-refractivity contribution < 1.29 is 19.0 Å². The highest BCUT2D eigenvalue weighted by atomic mass is 35.5. The van der Waals surface area contributed by atoms with Gasteiger partial charge in [0.15, 0.2) is 6.10 Å². The molecule has 2 aromatic rings. The molecule has 5 nitrogen and oxygen atoms in total. The number of benzene rings is 2. The summed E-state index contributed by atoms with van der Waals surface area (Å²) in [4.78, 5) is 12.9. The molecule has 1 heterocycles. The van der Waals surface area contributed by atoms with Gasteiger partial charge in [0.25, 0.3) is 5.91 Å². The molecule has 1 aliphatic rings. The van der Waals surface area contributed by atoms with E-state index in [1.54, 1.807) is 14.0 Å². The third kappa shape index (κ3) is 4.78. The normalized spacial score (nSPS) is 18.2. The van der Waals surface area contributed by atoms with Crippen LogP contribution in [-0.4, -0.2) is 24.7 Å². The van der Waals surface area contributed by atoms with Crippen LogP contribution in [0.4, 0.5) is 0 Å². The second-order valence-corrected chi connectivity index (χ2v) is 8.54. The molecule has 1 N–H and O–H groups in total. The predicted molar refractivity (Wildman–Crippen MR) is 114 cm³/mol. The van der Waals surface area contributed by atoms with Gasteiger partial charge in [-0.05, 0) is 70.0 Å². The first kappa shape index (κ1) is 21.3. The van der Waals surface area contributed by atoms with Gasteiger partial charge in [0.05, 0.1) is 13.2 Å². The number of halogens is 1. The predicted octanol–water partition coefficient (Wildman–Crippen LogP) is 5.15. The van der Waals surface area contributed by atoms with Gasteiger partial charge in [0.2, 0.25) is 0 Å². The minimum Gasteiger partial charge on any atom is -0.497 e. The molecule has 6 heteroatoms. The van der Waals surface area contributed by atoms with Crippen molar-refractivity contribution in [2.45, 2.75) is 58.8 Å². The van der Waals surface area contributed by atoms with Gasteiger partial charge in [0.1, 0.15) is 22.8 Å². The molecule has 3 rings (SSSR count). The molecular formula is C23H28ClNO4. The summed E-state index contributed by atoms with van der Waals surface area (Å²) >= 11 is 6.22. The molecule has 2 atom stereocenters. The van der Waals surface area contributed by atoms with Crippen LogP contribution in [0.3, 0.4) is 0 Å². The largest absolute Gasteiger partial charge is 0.497 e. The zero-order valence-electron chi connectivity index (χ0n) is 17.8. The quantitative estimate of drug-likeness (QED) is 0.730. The summed E-state index contributed by atoms with van der Waals surface area (Å²) in [6.45, 7) is 9.60. The van der Waals surface area contributed by atoms with Gasteiger partial charge < -0.3 is 19.5 Å². The fourth-order valence-electron chi connectivity index (χ4n) is 3.61. The van der Waals surface area contributed by atoms with Crippen molar-refractivity contribution in [1.29, 1.82) is 0 Å². The molecule has 0 bridgehead atoms. The number of fused-ring (bicyclic) bond motifs is 1. The third-order valence-electron chi connectivity index (χ3n) is 5.09. The van der Waals surface area contributed by atoms with Gasteiger partial charge in [-0.2, -0.15) is 0 Å². The molecule has 0 fully saturated rings. The van der Waals surface area contributed by atoms with Crippen LogP contribution in [-0.2, 0) is 4.79 Å². The molecule has 0 spiro atoms. The summed E-state index contributed by atoms with van der Waals surface area (Å²) in [5.41, 5.74) is 2.36. The second-order valence-electron chi connectivity index (χ2n) is 8.16. The van der Waals surface area contributed by atoms with E-state index in [4.69, 9.17) is 25.8 Å². The maximum Gasteiger partial charge on any atom is 0.261 e. The molecule has 0 unspecified atom stereocenters.